The van der Waals surface area contributed by atoms with Crippen LogP contribution >= 0.6 is 0 Å². The van der Waals surface area contributed by atoms with Gasteiger partial charge in [-0.2, -0.15) is 0 Å². The third-order valence-electron chi connectivity index (χ3n) is 5.44. The zero-order valence-corrected chi connectivity index (χ0v) is 20.4. The minimum atomic E-state index is -0.781. The second-order valence-corrected chi connectivity index (χ2v) is 8.15. The van der Waals surface area contributed by atoms with Crippen LogP contribution in [0.5, 0.6) is 11.5 Å². The van der Waals surface area contributed by atoms with Crippen molar-refractivity contribution in [1.82, 2.24) is 9.97 Å². The fraction of sp³-hybridized carbons (Fsp3) is 0.286. The number of hydrogen-bond donors (Lipinski definition) is 0. The second kappa shape index (κ2) is 12.0. The van der Waals surface area contributed by atoms with Gasteiger partial charge < -0.3 is 18.9 Å². The van der Waals surface area contributed by atoms with Gasteiger partial charge in [-0.15, -0.1) is 0 Å². The van der Waals surface area contributed by atoms with Gasteiger partial charge in [-0.25, -0.2) is 19.6 Å². The van der Waals surface area contributed by atoms with Crippen molar-refractivity contribution in [1.29, 1.82) is 0 Å². The normalized spacial score (nSPS) is 10.8. The molecule has 36 heavy (non-hydrogen) atoms. The molecule has 0 radical (unpaired) electrons. The van der Waals surface area contributed by atoms with E-state index in [0.29, 0.717) is 44.7 Å². The van der Waals surface area contributed by atoms with Gasteiger partial charge in [0.15, 0.2) is 0 Å². The highest BCUT2D eigenvalue weighted by Gasteiger charge is 2.17. The molecule has 0 amide bonds. The van der Waals surface area contributed by atoms with E-state index in [2.05, 4.69) is 0 Å². The Labute approximate surface area is 209 Å². The van der Waals surface area contributed by atoms with E-state index in [1.165, 1.54) is 0 Å². The molecule has 0 saturated heterocycles. The lowest BCUT2D eigenvalue weighted by molar-refractivity contribution is 0.0972. The molecular weight excluding hydrogens is 460 g/mol. The second-order valence-electron chi connectivity index (χ2n) is 8.15. The monoisotopic (exact) mass is 488 g/mol. The first kappa shape index (κ1) is 24.9. The Morgan fingerprint density at radius 3 is 1.50 bits per heavy atom. The molecule has 0 fully saturated rings. The molecule has 0 aliphatic heterocycles. The predicted octanol–water partition coefficient (Wildman–Crippen LogP) is 7.08. The van der Waals surface area contributed by atoms with Gasteiger partial charge in [-0.3, -0.25) is 0 Å². The Balaban J connectivity index is 1.72. The van der Waals surface area contributed by atoms with E-state index < -0.39 is 12.3 Å². The van der Waals surface area contributed by atoms with Crippen LogP contribution in [0.3, 0.4) is 0 Å². The first-order chi connectivity index (χ1) is 17.6. The van der Waals surface area contributed by atoms with Gasteiger partial charge in [-0.1, -0.05) is 51.0 Å². The highest BCUT2D eigenvalue weighted by atomic mass is 16.7. The van der Waals surface area contributed by atoms with Gasteiger partial charge in [0.05, 0.1) is 35.6 Å². The van der Waals surface area contributed by atoms with E-state index in [9.17, 15) is 9.59 Å². The number of unbranched alkanes of at least 4 members (excludes halogenated alkanes) is 2. The minimum absolute atomic E-state index is 0.284. The van der Waals surface area contributed by atoms with Crippen LogP contribution in [0.4, 0.5) is 9.59 Å². The Hall–Kier alpha value is -4.20. The van der Waals surface area contributed by atoms with Crippen molar-refractivity contribution in [2.24, 2.45) is 0 Å². The number of para-hydroxylation sites is 2. The van der Waals surface area contributed by atoms with Gasteiger partial charge in [0, 0.05) is 22.9 Å². The number of nitrogens with zero attached hydrogens (tertiary/aromatic N) is 2. The van der Waals surface area contributed by atoms with Gasteiger partial charge in [0.1, 0.15) is 11.5 Å². The highest BCUT2D eigenvalue weighted by molar-refractivity contribution is 5.92. The van der Waals surface area contributed by atoms with Gasteiger partial charge >= 0.3 is 12.3 Å². The number of ether oxygens (including phenoxy) is 4. The largest absolute Gasteiger partial charge is 0.513 e. The van der Waals surface area contributed by atoms with Crippen molar-refractivity contribution >= 4 is 34.1 Å². The molecule has 0 unspecified atom stereocenters. The number of pyridine rings is 2. The summed E-state index contributed by atoms with van der Waals surface area (Å²) in [5.74, 6) is 0.599. The van der Waals surface area contributed by atoms with Gasteiger partial charge in [0.25, 0.3) is 0 Å². The molecule has 4 aromatic rings. The van der Waals surface area contributed by atoms with Crippen LogP contribution < -0.4 is 9.47 Å². The van der Waals surface area contributed by atoms with E-state index in [4.69, 9.17) is 28.9 Å². The molecule has 0 bridgehead atoms. The summed E-state index contributed by atoms with van der Waals surface area (Å²) >= 11 is 0. The average molecular weight is 489 g/mol. The lowest BCUT2D eigenvalue weighted by Gasteiger charge is -2.12. The maximum atomic E-state index is 12.3. The van der Waals surface area contributed by atoms with Crippen molar-refractivity contribution in [2.45, 2.75) is 39.5 Å². The van der Waals surface area contributed by atoms with Crippen LogP contribution in [0, 0.1) is 0 Å². The molecule has 4 rings (SSSR count). The molecular formula is C28H28N2O6. The molecule has 0 N–H and O–H groups in total. The summed E-state index contributed by atoms with van der Waals surface area (Å²) in [7, 11) is 0. The third-order valence-corrected chi connectivity index (χ3v) is 5.44. The lowest BCUT2D eigenvalue weighted by atomic mass is 10.1. The predicted molar refractivity (Wildman–Crippen MR) is 136 cm³/mol. The van der Waals surface area contributed by atoms with E-state index in [-0.39, 0.29) is 13.2 Å². The minimum Gasteiger partial charge on any atom is -0.434 e. The Bertz CT molecular complexity index is 1270. The maximum absolute atomic E-state index is 12.3. The molecule has 0 aliphatic rings. The third kappa shape index (κ3) is 6.07. The summed E-state index contributed by atoms with van der Waals surface area (Å²) in [6.45, 7) is 4.59. The van der Waals surface area contributed by atoms with E-state index in [1.54, 1.807) is 12.1 Å². The Morgan fingerprint density at radius 2 is 1.08 bits per heavy atom. The first-order valence-corrected chi connectivity index (χ1v) is 12.1. The molecule has 2 aromatic heterocycles. The van der Waals surface area contributed by atoms with Crippen molar-refractivity contribution in [3.8, 4) is 22.9 Å². The zero-order chi connectivity index (χ0) is 25.3. The highest BCUT2D eigenvalue weighted by Crippen LogP contribution is 2.34. The number of rotatable bonds is 9. The molecule has 2 heterocycles. The Morgan fingerprint density at radius 1 is 0.667 bits per heavy atom. The molecule has 8 nitrogen and oxygen atoms in total. The fourth-order valence-electron chi connectivity index (χ4n) is 3.56. The summed E-state index contributed by atoms with van der Waals surface area (Å²) in [5.41, 5.74) is 2.12. The van der Waals surface area contributed by atoms with Crippen LogP contribution in [-0.2, 0) is 9.47 Å². The topological polar surface area (TPSA) is 96.8 Å². The van der Waals surface area contributed by atoms with Crippen molar-refractivity contribution in [2.75, 3.05) is 13.2 Å². The number of benzene rings is 2. The first-order valence-electron chi connectivity index (χ1n) is 12.1. The summed E-state index contributed by atoms with van der Waals surface area (Å²) in [6, 6.07) is 17.9. The number of fused-ring (bicyclic) bond motifs is 2. The maximum Gasteiger partial charge on any atom is 0.513 e. The summed E-state index contributed by atoms with van der Waals surface area (Å²) in [6.07, 6.45) is 1.75. The van der Waals surface area contributed by atoms with Crippen LogP contribution in [0.1, 0.15) is 39.5 Å². The smallest absolute Gasteiger partial charge is 0.434 e. The molecule has 0 saturated carbocycles. The molecule has 0 aliphatic carbocycles. The number of aromatic nitrogens is 2. The fourth-order valence-corrected chi connectivity index (χ4v) is 3.56. The van der Waals surface area contributed by atoms with Crippen LogP contribution in [0.2, 0.25) is 0 Å². The van der Waals surface area contributed by atoms with E-state index in [1.807, 2.05) is 62.4 Å². The Kier molecular flexibility index (Phi) is 8.28. The van der Waals surface area contributed by atoms with Gasteiger partial charge in [-0.05, 0) is 37.1 Å². The van der Waals surface area contributed by atoms with Crippen LogP contribution in [-0.4, -0.2) is 35.5 Å². The van der Waals surface area contributed by atoms with E-state index >= 15 is 0 Å². The van der Waals surface area contributed by atoms with Crippen molar-refractivity contribution in [3.63, 3.8) is 0 Å². The SMILES string of the molecule is CCCCOC(=O)Oc1cc(-c2cc(OC(=O)OCCCC)c3ccccc3n2)nc2ccccc12. The summed E-state index contributed by atoms with van der Waals surface area (Å²) in [4.78, 5) is 34.0. The van der Waals surface area contributed by atoms with Gasteiger partial charge in [0.2, 0.25) is 0 Å². The van der Waals surface area contributed by atoms with Crippen molar-refractivity contribution in [3.05, 3.63) is 60.7 Å². The lowest BCUT2D eigenvalue weighted by Crippen LogP contribution is -2.12. The molecule has 0 spiro atoms. The molecule has 0 atom stereocenters. The standard InChI is InChI=1S/C28H28N2O6/c1-3-5-15-33-27(31)35-25-17-23(29-21-13-9-7-11-19(21)25)24-18-26(36-28(32)34-16-6-4-2)20-12-8-10-14-22(20)30-24/h7-14,17-18H,3-6,15-16H2,1-2H3. The number of carbonyl (C=O) groups excluding carboxylic acids is 2. The van der Waals surface area contributed by atoms with Crippen molar-refractivity contribution < 1.29 is 28.5 Å². The molecule has 2 aromatic carbocycles. The quantitative estimate of drug-likeness (QED) is 0.182. The molecule has 8 heteroatoms. The summed E-state index contributed by atoms with van der Waals surface area (Å²) < 4.78 is 21.4. The molecule has 186 valence electrons. The zero-order valence-electron chi connectivity index (χ0n) is 20.4. The van der Waals surface area contributed by atoms with Crippen LogP contribution in [0.25, 0.3) is 33.2 Å². The summed E-state index contributed by atoms with van der Waals surface area (Å²) in [5, 5.41) is 1.32. The number of carbonyl (C=O) groups is 2. The number of hydrogen-bond acceptors (Lipinski definition) is 8. The van der Waals surface area contributed by atoms with E-state index in [0.717, 1.165) is 25.7 Å². The average Bonchev–Trinajstić information content (AvgIpc) is 2.89. The van der Waals surface area contributed by atoms with Crippen LogP contribution in [0.15, 0.2) is 60.7 Å².